The number of ether oxygens (including phenoxy) is 3. The van der Waals surface area contributed by atoms with Crippen molar-refractivity contribution in [1.82, 2.24) is 4.90 Å². The summed E-state index contributed by atoms with van der Waals surface area (Å²) >= 11 is 6.70. The Labute approximate surface area is 360 Å². The number of anilines is 2. The molecule has 0 bridgehead atoms. The molecule has 3 aliphatic heterocycles. The molecule has 0 aliphatic carbocycles. The zero-order valence-corrected chi connectivity index (χ0v) is 36.1. The molecule has 9 atom stereocenters. The van der Waals surface area contributed by atoms with Gasteiger partial charge in [0.15, 0.2) is 18.0 Å². The lowest BCUT2D eigenvalue weighted by Crippen LogP contribution is -2.60. The van der Waals surface area contributed by atoms with Crippen molar-refractivity contribution in [3.63, 3.8) is 0 Å². The Morgan fingerprint density at radius 3 is 2.31 bits per heavy atom. The number of amides is 3. The largest absolute Gasteiger partial charge is 0.497 e. The maximum Gasteiger partial charge on any atom is 0.264 e. The molecule has 0 aromatic heterocycles. The summed E-state index contributed by atoms with van der Waals surface area (Å²) in [6.45, 7) is 6.71. The fourth-order valence-electron chi connectivity index (χ4n) is 9.38. The number of nitrogens with zero attached hydrogens (tertiary/aromatic N) is 2. The second kappa shape index (κ2) is 18.0. The predicted octanol–water partition coefficient (Wildman–Crippen LogP) is 3.26. The number of benzene rings is 4. The fraction of sp³-hybridized carbons (Fsp3) is 0.400. The molecule has 2 saturated heterocycles. The van der Waals surface area contributed by atoms with E-state index in [9.17, 15) is 35.1 Å². The van der Waals surface area contributed by atoms with Crippen molar-refractivity contribution in [2.75, 3.05) is 30.5 Å². The third kappa shape index (κ3) is 8.46. The van der Waals surface area contributed by atoms with Gasteiger partial charge in [0.05, 0.1) is 46.5 Å². The van der Waals surface area contributed by atoms with E-state index >= 15 is 4.79 Å². The number of rotatable bonds is 13. The smallest absolute Gasteiger partial charge is 0.264 e. The molecule has 3 heterocycles. The first-order valence-corrected chi connectivity index (χ1v) is 23.7. The highest BCUT2D eigenvalue weighted by Crippen LogP contribution is 2.60. The van der Waals surface area contributed by atoms with Crippen LogP contribution in [0.3, 0.4) is 0 Å². The zero-order chi connectivity index (χ0) is 43.8. The van der Waals surface area contributed by atoms with Gasteiger partial charge < -0.3 is 54.9 Å². The molecule has 61 heavy (non-hydrogen) atoms. The van der Waals surface area contributed by atoms with E-state index in [1.54, 1.807) is 59.4 Å². The van der Waals surface area contributed by atoms with Crippen LogP contribution in [0.25, 0.3) is 0 Å². The minimum Gasteiger partial charge on any atom is -0.497 e. The Kier molecular flexibility index (Phi) is 13.1. The second-order valence-corrected chi connectivity index (χ2v) is 21.7. The lowest BCUT2D eigenvalue weighted by molar-refractivity contribution is -0.274. The van der Waals surface area contributed by atoms with E-state index in [1.165, 1.54) is 0 Å². The van der Waals surface area contributed by atoms with E-state index in [0.29, 0.717) is 34.1 Å². The van der Waals surface area contributed by atoms with Crippen molar-refractivity contribution in [2.24, 2.45) is 5.92 Å². The highest BCUT2D eigenvalue weighted by atomic mass is 35.5. The van der Waals surface area contributed by atoms with Crippen molar-refractivity contribution in [1.29, 1.82) is 0 Å². The SMILES string of the molecule is COc1ccc([Si](C)(C)[C@H]2[C@H](CC(=O)N(CCO)Cc3ccccc3)O[C@@]3(C(=O)N(Cc4cccc(NC(=O)[C@H]5O[C@@H](O)[C@H](O)[C@@H](O)[C@@H]5O)c4)c4ccc(Cl)cc43)[C@@H]2C)cc1. The van der Waals surface area contributed by atoms with Crippen molar-refractivity contribution in [2.45, 2.75) is 87.5 Å². The normalized spacial score (nSPS) is 27.2. The van der Waals surface area contributed by atoms with Crippen LogP contribution < -0.4 is 20.1 Å². The molecule has 6 N–H and O–H groups in total. The topological polar surface area (TPSA) is 199 Å². The predicted molar refractivity (Wildman–Crippen MR) is 230 cm³/mol. The van der Waals surface area contributed by atoms with Crippen LogP contribution in [0.5, 0.6) is 5.75 Å². The molecule has 3 aliphatic rings. The summed E-state index contributed by atoms with van der Waals surface area (Å²) in [5, 5.41) is 54.5. The molecule has 0 radical (unpaired) electrons. The maximum atomic E-state index is 15.4. The molecule has 1 spiro atoms. The van der Waals surface area contributed by atoms with Crippen LogP contribution in [0, 0.1) is 5.92 Å². The molecular weight excluding hydrogens is 822 g/mol. The number of hydrogen-bond acceptors (Lipinski definition) is 11. The monoisotopic (exact) mass is 873 g/mol. The number of nitrogens with one attached hydrogen (secondary N) is 1. The lowest BCUT2D eigenvalue weighted by Gasteiger charge is -2.37. The van der Waals surface area contributed by atoms with Crippen molar-refractivity contribution in [3.8, 4) is 5.75 Å². The minimum absolute atomic E-state index is 0.0342. The molecule has 3 amide bonds. The first kappa shape index (κ1) is 44.4. The second-order valence-electron chi connectivity index (χ2n) is 16.5. The van der Waals surface area contributed by atoms with E-state index in [4.69, 9.17) is 25.8 Å². The number of halogens is 1. The van der Waals surface area contributed by atoms with Crippen LogP contribution >= 0.6 is 11.6 Å². The van der Waals surface area contributed by atoms with E-state index in [2.05, 4.69) is 18.4 Å². The van der Waals surface area contributed by atoms with E-state index in [-0.39, 0.29) is 49.2 Å². The number of carbonyl (C=O) groups is 3. The standard InChI is InChI=1S/C45H52ClN3O11Si/c1-26-41(61(3,4)32-16-14-31(58-2)15-17-32)35(23-36(51)48(19-20-50)24-27-9-6-5-7-10-27)60-45(26)33-22-29(46)13-18-34(33)49(44(45)57)25-28-11-8-12-30(21-28)47-42(55)40-38(53)37(52)39(54)43(56)59-40/h5-18,21-22,26,35,37-41,43,50,52-54,56H,19-20,23-25H2,1-4H3,(H,47,55)/t26-,35+,37+,38+,39-,40+,41-,43-,45+/m1/s1. The summed E-state index contributed by atoms with van der Waals surface area (Å²) in [6.07, 6.45) is -9.72. The van der Waals surface area contributed by atoms with Gasteiger partial charge in [0.25, 0.3) is 11.8 Å². The quantitative estimate of drug-likeness (QED) is 0.108. The summed E-state index contributed by atoms with van der Waals surface area (Å²) in [7, 11) is -1.02. The number of hydrogen-bond donors (Lipinski definition) is 6. The Balaban J connectivity index is 1.22. The van der Waals surface area contributed by atoms with Gasteiger partial charge in [-0.3, -0.25) is 14.4 Å². The molecule has 0 unspecified atom stereocenters. The summed E-state index contributed by atoms with van der Waals surface area (Å²) in [4.78, 5) is 46.2. The van der Waals surface area contributed by atoms with Gasteiger partial charge in [-0.2, -0.15) is 0 Å². The van der Waals surface area contributed by atoms with Gasteiger partial charge in [-0.15, -0.1) is 0 Å². The van der Waals surface area contributed by atoms with Crippen LogP contribution in [-0.2, 0) is 42.5 Å². The van der Waals surface area contributed by atoms with Crippen LogP contribution in [0.2, 0.25) is 23.7 Å². The van der Waals surface area contributed by atoms with E-state index in [0.717, 1.165) is 10.8 Å². The molecule has 0 saturated carbocycles. The third-order valence-electron chi connectivity index (χ3n) is 12.5. The molecule has 324 valence electrons. The highest BCUT2D eigenvalue weighted by molar-refractivity contribution is 6.91. The Morgan fingerprint density at radius 1 is 0.918 bits per heavy atom. The summed E-state index contributed by atoms with van der Waals surface area (Å²) in [5.74, 6) is -1.14. The molecular formula is C45H52ClN3O11Si. The number of fused-ring (bicyclic) bond motifs is 2. The van der Waals surface area contributed by atoms with E-state index in [1.807, 2.05) is 61.5 Å². The molecule has 2 fully saturated rings. The van der Waals surface area contributed by atoms with E-state index < -0.39 is 62.3 Å². The Hall–Kier alpha value is -4.68. The molecule has 7 rings (SSSR count). The first-order valence-electron chi connectivity index (χ1n) is 20.2. The Morgan fingerprint density at radius 2 is 1.62 bits per heavy atom. The summed E-state index contributed by atoms with van der Waals surface area (Å²) < 4.78 is 17.7. The Bertz CT molecular complexity index is 2230. The average Bonchev–Trinajstić information content (AvgIpc) is 3.66. The van der Waals surface area contributed by atoms with Gasteiger partial charge in [-0.1, -0.05) is 91.4 Å². The summed E-state index contributed by atoms with van der Waals surface area (Å²) in [5.41, 5.74) is 1.19. The first-order chi connectivity index (χ1) is 29.1. The van der Waals surface area contributed by atoms with Gasteiger partial charge in [-0.25, -0.2) is 0 Å². The molecule has 4 aromatic carbocycles. The zero-order valence-electron chi connectivity index (χ0n) is 34.3. The highest BCUT2D eigenvalue weighted by Gasteiger charge is 2.66. The van der Waals surface area contributed by atoms with Crippen LogP contribution in [0.15, 0.2) is 97.1 Å². The van der Waals surface area contributed by atoms with Crippen LogP contribution in [-0.4, -0.2) is 113 Å². The molecule has 14 nitrogen and oxygen atoms in total. The van der Waals surface area contributed by atoms with Crippen molar-refractivity contribution in [3.05, 3.63) is 119 Å². The number of aliphatic hydroxyl groups excluding tert-OH is 5. The van der Waals surface area contributed by atoms with Gasteiger partial charge in [0.2, 0.25) is 5.91 Å². The number of methoxy groups -OCH3 is 1. The van der Waals surface area contributed by atoms with Crippen LogP contribution in [0.4, 0.5) is 11.4 Å². The van der Waals surface area contributed by atoms with Gasteiger partial charge >= 0.3 is 0 Å². The lowest BCUT2D eigenvalue weighted by atomic mass is 9.82. The summed E-state index contributed by atoms with van der Waals surface area (Å²) in [6, 6.07) is 29.4. The number of carbonyl (C=O) groups excluding carboxylic acids is 3. The maximum absolute atomic E-state index is 15.4. The third-order valence-corrected chi connectivity index (χ3v) is 17.1. The minimum atomic E-state index is -2.63. The van der Waals surface area contributed by atoms with Crippen molar-refractivity contribution >= 4 is 54.0 Å². The van der Waals surface area contributed by atoms with Crippen molar-refractivity contribution < 1.29 is 54.1 Å². The fourth-order valence-corrected chi connectivity index (χ4v) is 13.6. The van der Waals surface area contributed by atoms with Gasteiger partial charge in [0.1, 0.15) is 24.1 Å². The van der Waals surface area contributed by atoms with Gasteiger partial charge in [0, 0.05) is 35.3 Å². The number of aliphatic hydroxyl groups is 5. The van der Waals surface area contributed by atoms with Crippen LogP contribution in [0.1, 0.15) is 30.0 Å². The average molecular weight is 874 g/mol. The molecule has 4 aromatic rings. The molecule has 16 heteroatoms. The van der Waals surface area contributed by atoms with Gasteiger partial charge in [-0.05, 0) is 59.1 Å².